The van der Waals surface area contributed by atoms with Crippen molar-refractivity contribution in [2.24, 2.45) is 0 Å². The Hall–Kier alpha value is -2.34. The minimum Gasteiger partial charge on any atom is -0.440 e. The Morgan fingerprint density at radius 2 is 2.04 bits per heavy atom. The first kappa shape index (κ1) is 14.3. The van der Waals surface area contributed by atoms with E-state index in [4.69, 9.17) is 4.42 Å². The van der Waals surface area contributed by atoms with Crippen LogP contribution in [0.4, 0.5) is 5.82 Å². The third kappa shape index (κ3) is 2.59. The average molecular weight is 311 g/mol. The molecule has 1 aliphatic heterocycles. The second-order valence-corrected chi connectivity index (χ2v) is 6.28. The zero-order valence-electron chi connectivity index (χ0n) is 13.5. The summed E-state index contributed by atoms with van der Waals surface area (Å²) < 4.78 is 7.83. The molecule has 6 heteroatoms. The van der Waals surface area contributed by atoms with Gasteiger partial charge in [-0.25, -0.2) is 9.97 Å². The summed E-state index contributed by atoms with van der Waals surface area (Å²) in [5.74, 6) is 1.80. The molecule has 0 unspecified atom stereocenters. The van der Waals surface area contributed by atoms with Crippen molar-refractivity contribution in [3.8, 4) is 5.88 Å². The maximum atomic E-state index is 5.95. The number of hydrogen-bond acceptors (Lipinski definition) is 5. The number of fused-ring (bicyclic) bond motifs is 1. The molecule has 3 aromatic heterocycles. The van der Waals surface area contributed by atoms with Gasteiger partial charge in [0.15, 0.2) is 0 Å². The summed E-state index contributed by atoms with van der Waals surface area (Å²) in [5.41, 5.74) is 0.869. The lowest BCUT2D eigenvalue weighted by molar-refractivity contribution is 0.249. The number of imidazole rings is 1. The molecular weight excluding hydrogens is 290 g/mol. The van der Waals surface area contributed by atoms with Crippen LogP contribution in [0.1, 0.15) is 12.8 Å². The van der Waals surface area contributed by atoms with E-state index < -0.39 is 0 Å². The first-order chi connectivity index (χ1) is 11.2. The number of nitrogens with zero attached hydrogens (tertiary/aromatic N) is 5. The minimum absolute atomic E-state index is 0.663. The summed E-state index contributed by atoms with van der Waals surface area (Å²) in [7, 11) is 4.32. The van der Waals surface area contributed by atoms with Crippen molar-refractivity contribution in [3.63, 3.8) is 0 Å². The minimum atomic E-state index is 0.663. The fraction of sp³-hybridized carbons (Fsp3) is 0.412. The summed E-state index contributed by atoms with van der Waals surface area (Å²) in [5, 5.41) is 1.07. The van der Waals surface area contributed by atoms with Crippen LogP contribution in [0.5, 0.6) is 0 Å². The van der Waals surface area contributed by atoms with Crippen LogP contribution in [0, 0.1) is 0 Å². The highest BCUT2D eigenvalue weighted by Gasteiger charge is 2.23. The average Bonchev–Trinajstić information content (AvgIpc) is 3.23. The van der Waals surface area contributed by atoms with Gasteiger partial charge < -0.3 is 14.2 Å². The quantitative estimate of drug-likeness (QED) is 0.744. The lowest BCUT2D eigenvalue weighted by atomic mass is 10.0. The normalized spacial score (nSPS) is 16.6. The number of aromatic nitrogens is 3. The Balaban J connectivity index is 1.65. The number of furan rings is 1. The van der Waals surface area contributed by atoms with E-state index in [1.807, 2.05) is 23.0 Å². The monoisotopic (exact) mass is 311 g/mol. The molecule has 3 aromatic rings. The third-order valence-electron chi connectivity index (χ3n) is 4.66. The molecule has 0 atom stereocenters. The van der Waals surface area contributed by atoms with E-state index in [1.54, 1.807) is 12.5 Å². The highest BCUT2D eigenvalue weighted by molar-refractivity contribution is 5.90. The molecule has 1 aliphatic rings. The Bertz CT molecular complexity index is 785. The zero-order chi connectivity index (χ0) is 15.8. The van der Waals surface area contributed by atoms with Gasteiger partial charge in [-0.05, 0) is 33.0 Å². The van der Waals surface area contributed by atoms with E-state index >= 15 is 0 Å². The van der Waals surface area contributed by atoms with Crippen molar-refractivity contribution in [3.05, 3.63) is 37.1 Å². The number of piperidine rings is 1. The van der Waals surface area contributed by atoms with Crippen LogP contribution in [0.15, 0.2) is 41.5 Å². The third-order valence-corrected chi connectivity index (χ3v) is 4.66. The number of hydrogen-bond donors (Lipinski definition) is 0. The van der Waals surface area contributed by atoms with E-state index in [-0.39, 0.29) is 0 Å². The summed E-state index contributed by atoms with van der Waals surface area (Å²) in [6.45, 7) is 2.06. The first-order valence-corrected chi connectivity index (χ1v) is 8.00. The largest absolute Gasteiger partial charge is 0.440 e. The van der Waals surface area contributed by atoms with Crippen LogP contribution in [-0.2, 0) is 0 Å². The molecular formula is C17H21N5O. The molecule has 0 spiro atoms. The Morgan fingerprint density at radius 3 is 2.74 bits per heavy atom. The topological polar surface area (TPSA) is 50.3 Å². The predicted molar refractivity (Wildman–Crippen MR) is 90.1 cm³/mol. The molecule has 0 radical (unpaired) electrons. The van der Waals surface area contributed by atoms with Crippen LogP contribution in [-0.4, -0.2) is 52.7 Å². The lowest BCUT2D eigenvalue weighted by Gasteiger charge is -2.35. The molecule has 0 N–H and O–H groups in total. The van der Waals surface area contributed by atoms with Crippen LogP contribution in [0.2, 0.25) is 0 Å². The van der Waals surface area contributed by atoms with Gasteiger partial charge in [0.2, 0.25) is 5.88 Å². The Labute approximate surface area is 135 Å². The molecule has 120 valence electrons. The fourth-order valence-corrected chi connectivity index (χ4v) is 3.30. The molecule has 0 aromatic carbocycles. The Morgan fingerprint density at radius 1 is 1.22 bits per heavy atom. The highest BCUT2D eigenvalue weighted by atomic mass is 16.4. The molecule has 0 amide bonds. The van der Waals surface area contributed by atoms with Gasteiger partial charge in [-0.3, -0.25) is 4.57 Å². The number of pyridine rings is 1. The smallest absolute Gasteiger partial charge is 0.206 e. The summed E-state index contributed by atoms with van der Waals surface area (Å²) in [6.07, 6.45) is 9.53. The van der Waals surface area contributed by atoms with Gasteiger partial charge >= 0.3 is 0 Å². The Kier molecular flexibility index (Phi) is 3.53. The molecule has 4 heterocycles. The van der Waals surface area contributed by atoms with Crippen LogP contribution >= 0.6 is 0 Å². The van der Waals surface area contributed by atoms with E-state index in [0.717, 1.165) is 48.6 Å². The van der Waals surface area contributed by atoms with E-state index in [9.17, 15) is 0 Å². The van der Waals surface area contributed by atoms with Gasteiger partial charge in [0.05, 0.1) is 5.39 Å². The van der Waals surface area contributed by atoms with Crippen molar-refractivity contribution in [2.75, 3.05) is 32.1 Å². The molecule has 0 saturated carbocycles. The number of rotatable bonds is 3. The maximum Gasteiger partial charge on any atom is 0.206 e. The zero-order valence-corrected chi connectivity index (χ0v) is 13.5. The number of anilines is 1. The van der Waals surface area contributed by atoms with Crippen LogP contribution in [0.25, 0.3) is 16.9 Å². The van der Waals surface area contributed by atoms with Crippen molar-refractivity contribution in [2.45, 2.75) is 18.9 Å². The van der Waals surface area contributed by atoms with Crippen molar-refractivity contribution in [1.82, 2.24) is 19.4 Å². The van der Waals surface area contributed by atoms with Crippen molar-refractivity contribution < 1.29 is 4.42 Å². The van der Waals surface area contributed by atoms with Crippen molar-refractivity contribution in [1.29, 1.82) is 0 Å². The van der Waals surface area contributed by atoms with Gasteiger partial charge in [0.1, 0.15) is 17.7 Å². The second kappa shape index (κ2) is 5.70. The van der Waals surface area contributed by atoms with Crippen molar-refractivity contribution >= 4 is 16.8 Å². The first-order valence-electron chi connectivity index (χ1n) is 8.00. The molecule has 6 nitrogen and oxygen atoms in total. The van der Waals surface area contributed by atoms with Gasteiger partial charge in [0, 0.05) is 43.8 Å². The van der Waals surface area contributed by atoms with Gasteiger partial charge in [-0.15, -0.1) is 0 Å². The molecule has 0 aliphatic carbocycles. The van der Waals surface area contributed by atoms with E-state index in [2.05, 4.69) is 39.9 Å². The SMILES string of the molecule is CN(C)C1CCN(c2nccc3oc(-n4ccnc4)cc23)CC1. The molecule has 1 saturated heterocycles. The second-order valence-electron chi connectivity index (χ2n) is 6.28. The summed E-state index contributed by atoms with van der Waals surface area (Å²) >= 11 is 0. The van der Waals surface area contributed by atoms with Crippen LogP contribution in [0.3, 0.4) is 0 Å². The van der Waals surface area contributed by atoms with Gasteiger partial charge in [-0.2, -0.15) is 0 Å². The lowest BCUT2D eigenvalue weighted by Crippen LogP contribution is -2.42. The fourth-order valence-electron chi connectivity index (χ4n) is 3.30. The maximum absolute atomic E-state index is 5.95. The summed E-state index contributed by atoms with van der Waals surface area (Å²) in [4.78, 5) is 13.4. The predicted octanol–water partition coefficient (Wildman–Crippen LogP) is 2.54. The molecule has 0 bridgehead atoms. The van der Waals surface area contributed by atoms with Gasteiger partial charge in [-0.1, -0.05) is 0 Å². The molecule has 23 heavy (non-hydrogen) atoms. The van der Waals surface area contributed by atoms with Gasteiger partial charge in [0.25, 0.3) is 0 Å². The van der Waals surface area contributed by atoms with E-state index in [0.29, 0.717) is 6.04 Å². The molecule has 4 rings (SSSR count). The van der Waals surface area contributed by atoms with Crippen LogP contribution < -0.4 is 4.90 Å². The molecule has 1 fully saturated rings. The summed E-state index contributed by atoms with van der Waals surface area (Å²) in [6, 6.07) is 4.64. The van der Waals surface area contributed by atoms with E-state index in [1.165, 1.54) is 0 Å². The standard InChI is InChI=1S/C17H21N5O/c1-20(2)13-4-8-21(9-5-13)17-14-11-16(22-10-7-18-12-22)23-15(14)3-6-19-17/h3,6-7,10-13H,4-5,8-9H2,1-2H3. The highest BCUT2D eigenvalue weighted by Crippen LogP contribution is 2.31.